The molecule has 17 heavy (non-hydrogen) atoms. The van der Waals surface area contributed by atoms with Gasteiger partial charge in [-0.1, -0.05) is 17.7 Å². The summed E-state index contributed by atoms with van der Waals surface area (Å²) in [6.07, 6.45) is 0.645. The van der Waals surface area contributed by atoms with Crippen molar-refractivity contribution >= 4 is 5.91 Å². The number of hydrogen-bond donors (Lipinski definition) is 1. The SMILES string of the molecule is Cc1ccc2c(c1)C(NC(=O)CC#N)CCO2. The minimum atomic E-state index is -0.230. The molecule has 0 bridgehead atoms. The van der Waals surface area contributed by atoms with Crippen molar-refractivity contribution in [3.8, 4) is 11.8 Å². The van der Waals surface area contributed by atoms with Crippen molar-refractivity contribution < 1.29 is 9.53 Å². The highest BCUT2D eigenvalue weighted by Gasteiger charge is 2.22. The van der Waals surface area contributed by atoms with E-state index in [-0.39, 0.29) is 18.4 Å². The second kappa shape index (κ2) is 4.88. The number of amides is 1. The van der Waals surface area contributed by atoms with Gasteiger partial charge in [-0.15, -0.1) is 0 Å². The molecule has 1 N–H and O–H groups in total. The number of carbonyl (C=O) groups is 1. The van der Waals surface area contributed by atoms with Crippen molar-refractivity contribution in [1.82, 2.24) is 5.32 Å². The molecule has 1 aromatic rings. The topological polar surface area (TPSA) is 62.1 Å². The molecule has 0 spiro atoms. The number of aryl methyl sites for hydroxylation is 1. The highest BCUT2D eigenvalue weighted by Crippen LogP contribution is 2.32. The van der Waals surface area contributed by atoms with Crippen LogP contribution in [0.15, 0.2) is 18.2 Å². The van der Waals surface area contributed by atoms with Crippen LogP contribution in [0.5, 0.6) is 5.75 Å². The van der Waals surface area contributed by atoms with E-state index in [1.165, 1.54) is 0 Å². The number of benzene rings is 1. The van der Waals surface area contributed by atoms with Crippen molar-refractivity contribution in [3.05, 3.63) is 29.3 Å². The number of fused-ring (bicyclic) bond motifs is 1. The number of nitriles is 1. The van der Waals surface area contributed by atoms with Crippen LogP contribution in [-0.2, 0) is 4.79 Å². The third kappa shape index (κ3) is 2.56. The summed E-state index contributed by atoms with van der Waals surface area (Å²) in [5.74, 6) is 0.593. The van der Waals surface area contributed by atoms with Gasteiger partial charge in [-0.05, 0) is 13.0 Å². The van der Waals surface area contributed by atoms with Gasteiger partial charge in [0.2, 0.25) is 5.91 Å². The summed E-state index contributed by atoms with van der Waals surface area (Å²) in [6, 6.07) is 7.73. The van der Waals surface area contributed by atoms with Gasteiger partial charge in [0.05, 0.1) is 18.7 Å². The lowest BCUT2D eigenvalue weighted by Crippen LogP contribution is -2.31. The molecule has 1 amide bonds. The van der Waals surface area contributed by atoms with Crippen LogP contribution in [0.3, 0.4) is 0 Å². The van der Waals surface area contributed by atoms with E-state index in [0.29, 0.717) is 6.61 Å². The second-order valence-corrected chi connectivity index (χ2v) is 4.13. The van der Waals surface area contributed by atoms with Gasteiger partial charge in [-0.25, -0.2) is 0 Å². The zero-order valence-electron chi connectivity index (χ0n) is 9.69. The number of ether oxygens (including phenoxy) is 1. The molecule has 0 saturated heterocycles. The lowest BCUT2D eigenvalue weighted by molar-refractivity contribution is -0.121. The lowest BCUT2D eigenvalue weighted by atomic mass is 9.98. The molecule has 1 aliphatic rings. The summed E-state index contributed by atoms with van der Waals surface area (Å²) in [5.41, 5.74) is 2.14. The van der Waals surface area contributed by atoms with Gasteiger partial charge in [0.25, 0.3) is 0 Å². The fourth-order valence-corrected chi connectivity index (χ4v) is 1.98. The van der Waals surface area contributed by atoms with Crippen molar-refractivity contribution in [2.45, 2.75) is 25.8 Å². The van der Waals surface area contributed by atoms with Gasteiger partial charge in [-0.2, -0.15) is 5.26 Å². The minimum Gasteiger partial charge on any atom is -0.493 e. The van der Waals surface area contributed by atoms with Gasteiger partial charge in [0.1, 0.15) is 12.2 Å². The third-order valence-electron chi connectivity index (χ3n) is 2.78. The molecule has 1 aliphatic heterocycles. The highest BCUT2D eigenvalue weighted by molar-refractivity contribution is 5.78. The van der Waals surface area contributed by atoms with Gasteiger partial charge in [-0.3, -0.25) is 4.79 Å². The van der Waals surface area contributed by atoms with Crippen molar-refractivity contribution in [1.29, 1.82) is 5.26 Å². The van der Waals surface area contributed by atoms with Crippen LogP contribution in [0.1, 0.15) is 30.0 Å². The third-order valence-corrected chi connectivity index (χ3v) is 2.78. The highest BCUT2D eigenvalue weighted by atomic mass is 16.5. The van der Waals surface area contributed by atoms with Crippen LogP contribution in [0.2, 0.25) is 0 Å². The van der Waals surface area contributed by atoms with E-state index < -0.39 is 0 Å². The van der Waals surface area contributed by atoms with E-state index in [1.807, 2.05) is 31.2 Å². The monoisotopic (exact) mass is 230 g/mol. The average molecular weight is 230 g/mol. The minimum absolute atomic E-state index is 0.0421. The first-order chi connectivity index (χ1) is 8.20. The molecule has 0 radical (unpaired) electrons. The van der Waals surface area contributed by atoms with Gasteiger partial charge in [0.15, 0.2) is 0 Å². The Hall–Kier alpha value is -2.02. The molecule has 1 unspecified atom stereocenters. The number of nitrogens with one attached hydrogen (secondary N) is 1. The first kappa shape index (κ1) is 11.5. The smallest absolute Gasteiger partial charge is 0.234 e. The standard InChI is InChI=1S/C13H14N2O2/c1-9-2-3-12-10(8-9)11(5-7-17-12)15-13(16)4-6-14/h2-3,8,11H,4-5,7H2,1H3,(H,15,16). The average Bonchev–Trinajstić information content (AvgIpc) is 2.30. The Kier molecular flexibility index (Phi) is 3.29. The molecule has 88 valence electrons. The van der Waals surface area contributed by atoms with Gasteiger partial charge < -0.3 is 10.1 Å². The second-order valence-electron chi connectivity index (χ2n) is 4.13. The van der Waals surface area contributed by atoms with Crippen molar-refractivity contribution in [2.75, 3.05) is 6.61 Å². The first-order valence-corrected chi connectivity index (χ1v) is 5.60. The van der Waals surface area contributed by atoms with E-state index in [1.54, 1.807) is 0 Å². The van der Waals surface area contributed by atoms with E-state index in [4.69, 9.17) is 10.00 Å². The fourth-order valence-electron chi connectivity index (χ4n) is 1.98. The quantitative estimate of drug-likeness (QED) is 0.843. The molecular weight excluding hydrogens is 216 g/mol. The Balaban J connectivity index is 2.19. The van der Waals surface area contributed by atoms with Crippen LogP contribution < -0.4 is 10.1 Å². The number of nitrogens with zero attached hydrogens (tertiary/aromatic N) is 1. The van der Waals surface area contributed by atoms with E-state index in [2.05, 4.69) is 5.32 Å². The predicted molar refractivity (Wildman–Crippen MR) is 62.4 cm³/mol. The zero-order valence-corrected chi connectivity index (χ0v) is 9.69. The van der Waals surface area contributed by atoms with E-state index >= 15 is 0 Å². The van der Waals surface area contributed by atoms with Crippen molar-refractivity contribution in [2.24, 2.45) is 0 Å². The lowest BCUT2D eigenvalue weighted by Gasteiger charge is -2.26. The van der Waals surface area contributed by atoms with Gasteiger partial charge >= 0.3 is 0 Å². The molecule has 0 aliphatic carbocycles. The molecule has 0 aromatic heterocycles. The Morgan fingerprint density at radius 1 is 1.65 bits per heavy atom. The fraction of sp³-hybridized carbons (Fsp3) is 0.385. The summed E-state index contributed by atoms with van der Waals surface area (Å²) < 4.78 is 5.53. The predicted octanol–water partition coefficient (Wildman–Crippen LogP) is 1.85. The van der Waals surface area contributed by atoms with Gasteiger partial charge in [0, 0.05) is 12.0 Å². The first-order valence-electron chi connectivity index (χ1n) is 5.60. The molecule has 2 rings (SSSR count). The molecule has 4 nitrogen and oxygen atoms in total. The normalized spacial score (nSPS) is 17.5. The van der Waals surface area contributed by atoms with Crippen LogP contribution >= 0.6 is 0 Å². The zero-order chi connectivity index (χ0) is 12.3. The number of rotatable bonds is 2. The van der Waals surface area contributed by atoms with Crippen LogP contribution in [0, 0.1) is 18.3 Å². The molecule has 0 fully saturated rings. The summed E-state index contributed by atoms with van der Waals surface area (Å²) in [5, 5.41) is 11.3. The molecule has 1 atom stereocenters. The van der Waals surface area contributed by atoms with E-state index in [0.717, 1.165) is 23.3 Å². The summed E-state index contributed by atoms with van der Waals surface area (Å²) in [7, 11) is 0. The van der Waals surface area contributed by atoms with Crippen LogP contribution in [0.4, 0.5) is 0 Å². The maximum absolute atomic E-state index is 11.4. The molecule has 1 aromatic carbocycles. The largest absolute Gasteiger partial charge is 0.493 e. The van der Waals surface area contributed by atoms with Crippen molar-refractivity contribution in [3.63, 3.8) is 0 Å². The summed E-state index contributed by atoms with van der Waals surface area (Å²) in [6.45, 7) is 2.59. The molecule has 1 heterocycles. The van der Waals surface area contributed by atoms with Crippen LogP contribution in [-0.4, -0.2) is 12.5 Å². The summed E-state index contributed by atoms with van der Waals surface area (Å²) in [4.78, 5) is 11.4. The molecule has 0 saturated carbocycles. The Morgan fingerprint density at radius 3 is 3.24 bits per heavy atom. The maximum Gasteiger partial charge on any atom is 0.234 e. The molecular formula is C13H14N2O2. The summed E-state index contributed by atoms with van der Waals surface area (Å²) >= 11 is 0. The van der Waals surface area contributed by atoms with E-state index in [9.17, 15) is 4.79 Å². The Bertz CT molecular complexity index is 477. The number of hydrogen-bond acceptors (Lipinski definition) is 3. The maximum atomic E-state index is 11.4. The van der Waals surface area contributed by atoms with Crippen LogP contribution in [0.25, 0.3) is 0 Å². The molecule has 4 heteroatoms. The Morgan fingerprint density at radius 2 is 2.47 bits per heavy atom. The number of carbonyl (C=O) groups excluding carboxylic acids is 1. The Labute approximate surface area is 100 Å².